The van der Waals surface area contributed by atoms with E-state index in [4.69, 9.17) is 0 Å². The Morgan fingerprint density at radius 1 is 1.06 bits per heavy atom. The van der Waals surface area contributed by atoms with Gasteiger partial charge in [-0.3, -0.25) is 14.4 Å². The number of aromatic nitrogens is 4. The molecule has 0 unspecified atom stereocenters. The molecule has 4 rings (SSSR count). The predicted octanol–water partition coefficient (Wildman–Crippen LogP) is 2.87. The van der Waals surface area contributed by atoms with Gasteiger partial charge in [0.25, 0.3) is 5.56 Å². The van der Waals surface area contributed by atoms with Crippen LogP contribution in [0.3, 0.4) is 0 Å². The number of benzene rings is 2. The fourth-order valence-electron chi connectivity index (χ4n) is 3.23. The molecular weight excluding hydrogens is 401 g/mol. The molecule has 4 aromatic rings. The van der Waals surface area contributed by atoms with Crippen LogP contribution in [-0.4, -0.2) is 31.3 Å². The molecule has 0 saturated heterocycles. The van der Waals surface area contributed by atoms with E-state index < -0.39 is 17.3 Å². The van der Waals surface area contributed by atoms with Crippen molar-refractivity contribution in [1.82, 2.24) is 19.6 Å². The Labute approximate surface area is 175 Å². The van der Waals surface area contributed by atoms with E-state index in [2.05, 4.69) is 15.5 Å². The van der Waals surface area contributed by atoms with Crippen LogP contribution in [0.1, 0.15) is 23.0 Å². The number of halogens is 1. The van der Waals surface area contributed by atoms with Crippen molar-refractivity contribution in [2.45, 2.75) is 20.4 Å². The lowest BCUT2D eigenvalue weighted by Gasteiger charge is -2.09. The maximum Gasteiger partial charge on any atom is 0.293 e. The number of Topliss-reactive ketones (excluding diaryl/α,β-unsaturated/α-hetero) is 1. The Morgan fingerprint density at radius 2 is 1.74 bits per heavy atom. The summed E-state index contributed by atoms with van der Waals surface area (Å²) in [5, 5.41) is 11.7. The maximum atomic E-state index is 13.3. The number of amides is 1. The average molecular weight is 419 g/mol. The summed E-state index contributed by atoms with van der Waals surface area (Å²) < 4.78 is 15.7. The number of rotatable bonds is 5. The van der Waals surface area contributed by atoms with Crippen LogP contribution in [0.2, 0.25) is 0 Å². The molecule has 0 aliphatic carbocycles. The van der Waals surface area contributed by atoms with Gasteiger partial charge in [-0.25, -0.2) is 13.8 Å². The normalized spacial score (nSPS) is 10.9. The monoisotopic (exact) mass is 419 g/mol. The number of fused-ring (bicyclic) bond motifs is 1. The molecule has 0 spiro atoms. The molecular formula is C22H18FN5O3. The lowest BCUT2D eigenvalue weighted by atomic mass is 10.1. The summed E-state index contributed by atoms with van der Waals surface area (Å²) in [5.41, 5.74) is 1.83. The van der Waals surface area contributed by atoms with Gasteiger partial charge in [0.2, 0.25) is 5.91 Å². The van der Waals surface area contributed by atoms with Gasteiger partial charge in [-0.1, -0.05) is 0 Å². The maximum absolute atomic E-state index is 13.3. The molecule has 2 aromatic carbocycles. The minimum absolute atomic E-state index is 0.0739. The average Bonchev–Trinajstić information content (AvgIpc) is 3.19. The summed E-state index contributed by atoms with van der Waals surface area (Å²) in [4.78, 5) is 36.9. The third-order valence-electron chi connectivity index (χ3n) is 4.81. The van der Waals surface area contributed by atoms with Gasteiger partial charge >= 0.3 is 0 Å². The quantitative estimate of drug-likeness (QED) is 0.502. The molecule has 8 nitrogen and oxygen atoms in total. The van der Waals surface area contributed by atoms with E-state index in [0.29, 0.717) is 28.0 Å². The van der Waals surface area contributed by atoms with E-state index in [1.165, 1.54) is 42.1 Å². The molecule has 0 atom stereocenters. The number of hydrogen-bond donors (Lipinski definition) is 1. The number of nitrogens with zero attached hydrogens (tertiary/aromatic N) is 4. The lowest BCUT2D eigenvalue weighted by Crippen LogP contribution is -2.31. The fourth-order valence-corrected chi connectivity index (χ4v) is 3.23. The highest BCUT2D eigenvalue weighted by atomic mass is 19.1. The molecule has 0 radical (unpaired) electrons. The van der Waals surface area contributed by atoms with Crippen molar-refractivity contribution in [3.05, 3.63) is 82.2 Å². The van der Waals surface area contributed by atoms with E-state index in [9.17, 15) is 18.8 Å². The highest BCUT2D eigenvalue weighted by Gasteiger charge is 2.17. The van der Waals surface area contributed by atoms with Crippen LogP contribution in [0.4, 0.5) is 10.1 Å². The van der Waals surface area contributed by atoms with Crippen molar-refractivity contribution in [2.24, 2.45) is 0 Å². The van der Waals surface area contributed by atoms with Gasteiger partial charge in [-0.05, 0) is 62.4 Å². The Bertz CT molecular complexity index is 1360. The van der Waals surface area contributed by atoms with Crippen LogP contribution >= 0.6 is 0 Å². The van der Waals surface area contributed by atoms with Gasteiger partial charge in [-0.15, -0.1) is 0 Å². The molecule has 0 bridgehead atoms. The molecule has 2 heterocycles. The summed E-state index contributed by atoms with van der Waals surface area (Å²) in [6.45, 7) is 2.87. The van der Waals surface area contributed by atoms with Crippen molar-refractivity contribution in [1.29, 1.82) is 0 Å². The lowest BCUT2D eigenvalue weighted by molar-refractivity contribution is -0.117. The molecule has 1 amide bonds. The Morgan fingerprint density at radius 3 is 2.39 bits per heavy atom. The SMILES string of the molecule is CC(=O)c1ccc(NC(=O)Cn2nc(C)c3cnn(-c4ccc(F)cc4)c3c2=O)cc1. The Balaban J connectivity index is 1.64. The zero-order valence-electron chi connectivity index (χ0n) is 16.8. The second kappa shape index (κ2) is 7.94. The van der Waals surface area contributed by atoms with Gasteiger partial charge in [0, 0.05) is 16.6 Å². The fraction of sp³-hybridized carbons (Fsp3) is 0.136. The number of carbonyl (C=O) groups excluding carboxylic acids is 2. The molecule has 9 heteroatoms. The first-order valence-electron chi connectivity index (χ1n) is 9.46. The van der Waals surface area contributed by atoms with Crippen LogP contribution in [0.25, 0.3) is 16.6 Å². The minimum atomic E-state index is -0.496. The first-order chi connectivity index (χ1) is 14.8. The van der Waals surface area contributed by atoms with Gasteiger partial charge < -0.3 is 5.32 Å². The van der Waals surface area contributed by atoms with Crippen molar-refractivity contribution >= 4 is 28.3 Å². The molecule has 2 aromatic heterocycles. The second-order valence-electron chi connectivity index (χ2n) is 7.02. The number of aryl methyl sites for hydroxylation is 1. The highest BCUT2D eigenvalue weighted by Crippen LogP contribution is 2.17. The molecule has 31 heavy (non-hydrogen) atoms. The van der Waals surface area contributed by atoms with E-state index in [0.717, 1.165) is 4.68 Å². The number of ketones is 1. The summed E-state index contributed by atoms with van der Waals surface area (Å²) >= 11 is 0. The summed E-state index contributed by atoms with van der Waals surface area (Å²) in [6.07, 6.45) is 1.52. The summed E-state index contributed by atoms with van der Waals surface area (Å²) in [6, 6.07) is 12.0. The van der Waals surface area contributed by atoms with E-state index in [1.807, 2.05) is 0 Å². The van der Waals surface area contributed by atoms with Crippen LogP contribution < -0.4 is 10.9 Å². The van der Waals surface area contributed by atoms with Crippen LogP contribution in [-0.2, 0) is 11.3 Å². The molecule has 0 fully saturated rings. The van der Waals surface area contributed by atoms with Crippen molar-refractivity contribution in [2.75, 3.05) is 5.32 Å². The Kier molecular flexibility index (Phi) is 5.16. The van der Waals surface area contributed by atoms with Crippen molar-refractivity contribution in [3.63, 3.8) is 0 Å². The molecule has 0 aliphatic heterocycles. The molecule has 0 aliphatic rings. The number of hydrogen-bond acceptors (Lipinski definition) is 5. The minimum Gasteiger partial charge on any atom is -0.324 e. The summed E-state index contributed by atoms with van der Waals surface area (Å²) in [5.74, 6) is -0.921. The van der Waals surface area contributed by atoms with Crippen LogP contribution in [0.5, 0.6) is 0 Å². The van der Waals surface area contributed by atoms with Crippen molar-refractivity contribution in [3.8, 4) is 5.69 Å². The van der Waals surface area contributed by atoms with Gasteiger partial charge in [0.1, 0.15) is 17.9 Å². The first-order valence-corrected chi connectivity index (χ1v) is 9.46. The van der Waals surface area contributed by atoms with Crippen LogP contribution in [0, 0.1) is 12.7 Å². The first kappa shape index (κ1) is 20.1. The smallest absolute Gasteiger partial charge is 0.293 e. The number of carbonyl (C=O) groups is 2. The molecule has 156 valence electrons. The largest absolute Gasteiger partial charge is 0.324 e. The third-order valence-corrected chi connectivity index (χ3v) is 4.81. The topological polar surface area (TPSA) is 98.9 Å². The van der Waals surface area contributed by atoms with E-state index in [-0.39, 0.29) is 17.8 Å². The van der Waals surface area contributed by atoms with Gasteiger partial charge in [0.15, 0.2) is 5.78 Å². The zero-order chi connectivity index (χ0) is 22.1. The van der Waals surface area contributed by atoms with E-state index >= 15 is 0 Å². The molecule has 1 N–H and O–H groups in total. The van der Waals surface area contributed by atoms with Crippen molar-refractivity contribution < 1.29 is 14.0 Å². The Hall–Kier alpha value is -4.14. The third kappa shape index (κ3) is 3.97. The standard InChI is InChI=1S/C22H18FN5O3/c1-13-19-11-24-28(18-9-5-16(23)6-10-18)21(19)22(31)27(26-13)12-20(30)25-17-7-3-15(4-8-17)14(2)29/h3-11H,12H2,1-2H3,(H,25,30). The molecule has 0 saturated carbocycles. The summed E-state index contributed by atoms with van der Waals surface area (Å²) in [7, 11) is 0. The second-order valence-corrected chi connectivity index (χ2v) is 7.02. The van der Waals surface area contributed by atoms with Gasteiger partial charge in [0.05, 0.1) is 17.6 Å². The number of nitrogens with one attached hydrogen (secondary N) is 1. The van der Waals surface area contributed by atoms with Crippen LogP contribution in [0.15, 0.2) is 59.5 Å². The highest BCUT2D eigenvalue weighted by molar-refractivity contribution is 5.95. The van der Waals surface area contributed by atoms with E-state index in [1.54, 1.807) is 31.2 Å². The van der Waals surface area contributed by atoms with Gasteiger partial charge in [-0.2, -0.15) is 10.2 Å². The number of anilines is 1. The predicted molar refractivity (Wildman–Crippen MR) is 113 cm³/mol. The zero-order valence-corrected chi connectivity index (χ0v) is 16.8.